The lowest BCUT2D eigenvalue weighted by molar-refractivity contribution is 0.101. The molecule has 1 rings (SSSR count). The molecule has 70 valence electrons. The molecule has 0 aliphatic rings. The molecule has 0 aromatic heterocycles. The first-order valence-electron chi connectivity index (χ1n) is 4.64. The van der Waals surface area contributed by atoms with Crippen LogP contribution >= 0.6 is 0 Å². The topological polar surface area (TPSA) is 17.1 Å². The van der Waals surface area contributed by atoms with E-state index >= 15 is 0 Å². The molecule has 0 atom stereocenters. The van der Waals surface area contributed by atoms with Crippen LogP contribution in [0.4, 0.5) is 0 Å². The van der Waals surface area contributed by atoms with E-state index in [1.165, 1.54) is 11.1 Å². The Balaban J connectivity index is 3.13. The van der Waals surface area contributed by atoms with Gasteiger partial charge >= 0.3 is 0 Å². The van der Waals surface area contributed by atoms with Crippen LogP contribution in [-0.4, -0.2) is 5.78 Å². The van der Waals surface area contributed by atoms with Crippen molar-refractivity contribution in [3.63, 3.8) is 0 Å². The van der Waals surface area contributed by atoms with E-state index in [2.05, 4.69) is 26.8 Å². The Hall–Kier alpha value is -1.11. The lowest BCUT2D eigenvalue weighted by Gasteiger charge is -2.10. The van der Waals surface area contributed by atoms with Crippen molar-refractivity contribution in [3.05, 3.63) is 34.9 Å². The van der Waals surface area contributed by atoms with E-state index in [-0.39, 0.29) is 5.78 Å². The van der Waals surface area contributed by atoms with Gasteiger partial charge in [0.25, 0.3) is 0 Å². The van der Waals surface area contributed by atoms with Crippen molar-refractivity contribution in [1.82, 2.24) is 0 Å². The zero-order valence-corrected chi connectivity index (χ0v) is 8.72. The third-order valence-corrected chi connectivity index (χ3v) is 2.30. The van der Waals surface area contributed by atoms with Gasteiger partial charge in [-0.1, -0.05) is 26.0 Å². The highest BCUT2D eigenvalue weighted by atomic mass is 16.1. The maximum absolute atomic E-state index is 11.1. The van der Waals surface area contributed by atoms with Crippen LogP contribution in [-0.2, 0) is 0 Å². The van der Waals surface area contributed by atoms with Gasteiger partial charge in [-0.3, -0.25) is 4.79 Å². The Morgan fingerprint density at radius 3 is 2.31 bits per heavy atom. The molecule has 0 unspecified atom stereocenters. The van der Waals surface area contributed by atoms with Crippen molar-refractivity contribution in [3.8, 4) is 0 Å². The summed E-state index contributed by atoms with van der Waals surface area (Å²) in [7, 11) is 0. The van der Waals surface area contributed by atoms with Crippen LogP contribution in [0.3, 0.4) is 0 Å². The summed E-state index contributed by atoms with van der Waals surface area (Å²) in [6.45, 7) is 7.98. The van der Waals surface area contributed by atoms with Gasteiger partial charge in [0.2, 0.25) is 0 Å². The Morgan fingerprint density at radius 1 is 1.31 bits per heavy atom. The van der Waals surface area contributed by atoms with Gasteiger partial charge in [-0.2, -0.15) is 0 Å². The van der Waals surface area contributed by atoms with Crippen molar-refractivity contribution in [2.45, 2.75) is 33.6 Å². The van der Waals surface area contributed by atoms with E-state index in [0.29, 0.717) is 5.92 Å². The summed E-state index contributed by atoms with van der Waals surface area (Å²) < 4.78 is 0. The molecule has 0 heterocycles. The molecule has 0 aliphatic heterocycles. The van der Waals surface area contributed by atoms with Gasteiger partial charge in [0.05, 0.1) is 0 Å². The number of aryl methyl sites for hydroxylation is 1. The number of hydrogen-bond donors (Lipinski definition) is 0. The SMILES string of the molecule is CC(=O)c1ccc(C(C)C)c(C)c1. The average Bonchev–Trinajstić information content (AvgIpc) is 2.03. The molecule has 0 saturated heterocycles. The van der Waals surface area contributed by atoms with Gasteiger partial charge in [0, 0.05) is 5.56 Å². The Morgan fingerprint density at radius 2 is 1.92 bits per heavy atom. The van der Waals surface area contributed by atoms with E-state index in [1.807, 2.05) is 12.1 Å². The molecular weight excluding hydrogens is 160 g/mol. The third-order valence-electron chi connectivity index (χ3n) is 2.30. The van der Waals surface area contributed by atoms with Crippen LogP contribution in [0.25, 0.3) is 0 Å². The summed E-state index contributed by atoms with van der Waals surface area (Å²) in [5.74, 6) is 0.666. The monoisotopic (exact) mass is 176 g/mol. The Bertz CT molecular complexity index is 324. The largest absolute Gasteiger partial charge is 0.295 e. The van der Waals surface area contributed by atoms with Crippen LogP contribution in [0.15, 0.2) is 18.2 Å². The highest BCUT2D eigenvalue weighted by Gasteiger charge is 2.05. The number of hydrogen-bond acceptors (Lipinski definition) is 1. The molecule has 0 saturated carbocycles. The van der Waals surface area contributed by atoms with Crippen molar-refractivity contribution in [1.29, 1.82) is 0 Å². The molecule has 0 amide bonds. The van der Waals surface area contributed by atoms with Gasteiger partial charge in [-0.05, 0) is 37.0 Å². The molecular formula is C12H16O. The smallest absolute Gasteiger partial charge is 0.159 e. The van der Waals surface area contributed by atoms with E-state index in [0.717, 1.165) is 5.56 Å². The summed E-state index contributed by atoms with van der Waals surface area (Å²) in [4.78, 5) is 11.1. The van der Waals surface area contributed by atoms with Gasteiger partial charge in [0.1, 0.15) is 0 Å². The second kappa shape index (κ2) is 3.73. The van der Waals surface area contributed by atoms with E-state index < -0.39 is 0 Å². The number of rotatable bonds is 2. The fourth-order valence-electron chi connectivity index (χ4n) is 1.54. The first-order valence-corrected chi connectivity index (χ1v) is 4.64. The Labute approximate surface area is 79.8 Å². The van der Waals surface area contributed by atoms with Gasteiger partial charge < -0.3 is 0 Å². The maximum Gasteiger partial charge on any atom is 0.159 e. The molecule has 1 aromatic rings. The minimum atomic E-state index is 0.137. The van der Waals surface area contributed by atoms with Crippen LogP contribution in [0.5, 0.6) is 0 Å². The fourth-order valence-corrected chi connectivity index (χ4v) is 1.54. The predicted molar refractivity (Wildman–Crippen MR) is 55.3 cm³/mol. The average molecular weight is 176 g/mol. The number of carbonyl (C=O) groups is 1. The normalized spacial score (nSPS) is 10.5. The maximum atomic E-state index is 11.1. The Kier molecular flexibility index (Phi) is 2.86. The van der Waals surface area contributed by atoms with Gasteiger partial charge in [-0.25, -0.2) is 0 Å². The lowest BCUT2D eigenvalue weighted by atomic mass is 9.95. The summed E-state index contributed by atoms with van der Waals surface area (Å²) in [6.07, 6.45) is 0. The molecule has 0 aliphatic carbocycles. The summed E-state index contributed by atoms with van der Waals surface area (Å²) in [5.41, 5.74) is 3.34. The number of benzene rings is 1. The minimum Gasteiger partial charge on any atom is -0.295 e. The van der Waals surface area contributed by atoms with E-state index in [1.54, 1.807) is 6.92 Å². The standard InChI is InChI=1S/C12H16O/c1-8(2)12-6-5-11(10(4)13)7-9(12)3/h5-8H,1-4H3. The quantitative estimate of drug-likeness (QED) is 0.632. The van der Waals surface area contributed by atoms with Crippen molar-refractivity contribution < 1.29 is 4.79 Å². The fraction of sp³-hybridized carbons (Fsp3) is 0.417. The lowest BCUT2D eigenvalue weighted by Crippen LogP contribution is -1.97. The van der Waals surface area contributed by atoms with Gasteiger partial charge in [0.15, 0.2) is 5.78 Å². The van der Waals surface area contributed by atoms with E-state index in [4.69, 9.17) is 0 Å². The van der Waals surface area contributed by atoms with Crippen molar-refractivity contribution >= 4 is 5.78 Å². The van der Waals surface area contributed by atoms with Crippen LogP contribution < -0.4 is 0 Å². The minimum absolute atomic E-state index is 0.137. The molecule has 0 fully saturated rings. The molecule has 0 radical (unpaired) electrons. The zero-order chi connectivity index (χ0) is 10.0. The van der Waals surface area contributed by atoms with Crippen LogP contribution in [0, 0.1) is 6.92 Å². The number of Topliss-reactive ketones (excluding diaryl/α,β-unsaturated/α-hetero) is 1. The molecule has 0 bridgehead atoms. The third kappa shape index (κ3) is 2.18. The summed E-state index contributed by atoms with van der Waals surface area (Å²) >= 11 is 0. The number of carbonyl (C=O) groups excluding carboxylic acids is 1. The number of ketones is 1. The van der Waals surface area contributed by atoms with Crippen LogP contribution in [0.2, 0.25) is 0 Å². The highest BCUT2D eigenvalue weighted by Crippen LogP contribution is 2.19. The molecule has 0 spiro atoms. The zero-order valence-electron chi connectivity index (χ0n) is 8.72. The van der Waals surface area contributed by atoms with E-state index in [9.17, 15) is 4.79 Å². The highest BCUT2D eigenvalue weighted by molar-refractivity contribution is 5.94. The summed E-state index contributed by atoms with van der Waals surface area (Å²) in [6, 6.07) is 5.93. The molecule has 0 N–H and O–H groups in total. The van der Waals surface area contributed by atoms with Gasteiger partial charge in [-0.15, -0.1) is 0 Å². The molecule has 1 nitrogen and oxygen atoms in total. The first kappa shape index (κ1) is 9.97. The van der Waals surface area contributed by atoms with Crippen LogP contribution in [0.1, 0.15) is 48.2 Å². The second-order valence-electron chi connectivity index (χ2n) is 3.78. The molecule has 1 heteroatoms. The molecule has 1 aromatic carbocycles. The predicted octanol–water partition coefficient (Wildman–Crippen LogP) is 3.32. The van der Waals surface area contributed by atoms with Crippen molar-refractivity contribution in [2.75, 3.05) is 0 Å². The van der Waals surface area contributed by atoms with Crippen molar-refractivity contribution in [2.24, 2.45) is 0 Å². The second-order valence-corrected chi connectivity index (χ2v) is 3.78. The molecule has 13 heavy (non-hydrogen) atoms. The first-order chi connectivity index (χ1) is 6.02. The summed E-state index contributed by atoms with van der Waals surface area (Å²) in [5, 5.41) is 0.